The predicted molar refractivity (Wildman–Crippen MR) is 147 cm³/mol. The number of nitrogens with one attached hydrogen (secondary N) is 2. The number of aryl methyl sites for hydroxylation is 1. The van der Waals surface area contributed by atoms with Gasteiger partial charge in [-0.3, -0.25) is 4.79 Å². The Morgan fingerprint density at radius 3 is 2.48 bits per heavy atom. The van der Waals surface area contributed by atoms with Crippen LogP contribution in [-0.2, 0) is 14.6 Å². The number of halogens is 3. The molecule has 0 unspecified atom stereocenters. The zero-order valence-electron chi connectivity index (χ0n) is 22.3. The number of nitrogens with two attached hydrogens (primary N) is 1. The molecule has 0 bridgehead atoms. The molecule has 1 aromatic heterocycles. The van der Waals surface area contributed by atoms with E-state index in [0.717, 1.165) is 6.07 Å². The summed E-state index contributed by atoms with van der Waals surface area (Å²) in [5.74, 6) is -0.978. The van der Waals surface area contributed by atoms with Crippen molar-refractivity contribution in [3.05, 3.63) is 52.6 Å². The fourth-order valence-electron chi connectivity index (χ4n) is 4.55. The van der Waals surface area contributed by atoms with E-state index in [0.29, 0.717) is 46.9 Å². The normalized spacial score (nSPS) is 15.8. The summed E-state index contributed by atoms with van der Waals surface area (Å²) in [7, 11) is -1.64. The molecule has 1 atom stereocenters. The largest absolute Gasteiger partial charge is 0.399 e. The molecule has 1 aliphatic heterocycles. The number of carbonyl (C=O) groups is 1. The zero-order valence-corrected chi connectivity index (χ0v) is 23.1. The van der Waals surface area contributed by atoms with Gasteiger partial charge >= 0.3 is 0 Å². The van der Waals surface area contributed by atoms with E-state index >= 15 is 0 Å². The van der Waals surface area contributed by atoms with Gasteiger partial charge < -0.3 is 26.0 Å². The van der Waals surface area contributed by atoms with Crippen molar-refractivity contribution in [1.82, 2.24) is 14.9 Å². The van der Waals surface area contributed by atoms with Gasteiger partial charge in [-0.1, -0.05) is 0 Å². The van der Waals surface area contributed by atoms with Crippen LogP contribution >= 0.6 is 0 Å². The molecule has 4 rings (SSSR count). The van der Waals surface area contributed by atoms with Crippen molar-refractivity contribution in [2.45, 2.75) is 26.3 Å². The fraction of sp³-hybridized carbons (Fsp3) is 0.423. The lowest BCUT2D eigenvalue weighted by atomic mass is 10.0. The van der Waals surface area contributed by atoms with Crippen molar-refractivity contribution in [1.29, 1.82) is 0 Å². The van der Waals surface area contributed by atoms with Gasteiger partial charge in [-0.05, 0) is 38.1 Å². The number of nitrogens with zero attached hydrogens (tertiary/aromatic N) is 3. The van der Waals surface area contributed by atoms with Crippen LogP contribution in [0.15, 0.2) is 24.3 Å². The van der Waals surface area contributed by atoms with Crippen LogP contribution in [0.4, 0.5) is 30.4 Å². The molecule has 10 nitrogen and oxygen atoms in total. The van der Waals surface area contributed by atoms with E-state index in [1.807, 2.05) is 0 Å². The third-order valence-electron chi connectivity index (χ3n) is 6.64. The maximum Gasteiger partial charge on any atom is 0.266 e. The van der Waals surface area contributed by atoms with E-state index < -0.39 is 33.7 Å². The van der Waals surface area contributed by atoms with Gasteiger partial charge in [0.2, 0.25) is 0 Å². The van der Waals surface area contributed by atoms with E-state index in [4.69, 9.17) is 10.5 Å². The van der Waals surface area contributed by atoms with Gasteiger partial charge in [0.1, 0.15) is 17.5 Å². The molecule has 4 N–H and O–H groups in total. The van der Waals surface area contributed by atoms with E-state index in [-0.39, 0.29) is 41.8 Å². The summed E-state index contributed by atoms with van der Waals surface area (Å²) in [6.07, 6.45) is -3.03. The highest BCUT2D eigenvalue weighted by atomic mass is 32.2. The number of hydrogen-bond donors (Lipinski definition) is 3. The molecule has 1 aliphatic rings. The Balaban J connectivity index is 1.75. The second-order valence-corrected chi connectivity index (χ2v) is 11.9. The highest BCUT2D eigenvalue weighted by molar-refractivity contribution is 7.91. The van der Waals surface area contributed by atoms with Gasteiger partial charge in [0.05, 0.1) is 40.8 Å². The summed E-state index contributed by atoms with van der Waals surface area (Å²) < 4.78 is 70.6. The maximum atomic E-state index is 14.9. The monoisotopic (exact) mass is 580 g/mol. The number of nitrogen functional groups attached to an aromatic ring is 1. The number of alkyl halides is 2. The summed E-state index contributed by atoms with van der Waals surface area (Å²) in [5, 5.41) is 6.75. The average Bonchev–Trinajstić information content (AvgIpc) is 2.89. The molecule has 0 radical (unpaired) electrons. The van der Waals surface area contributed by atoms with Crippen LogP contribution in [0.25, 0.3) is 10.9 Å². The van der Waals surface area contributed by atoms with Gasteiger partial charge in [-0.25, -0.2) is 31.6 Å². The Morgan fingerprint density at radius 2 is 1.82 bits per heavy atom. The molecule has 2 heterocycles. The highest BCUT2D eigenvalue weighted by Crippen LogP contribution is 2.34. The van der Waals surface area contributed by atoms with Crippen molar-refractivity contribution in [3.8, 4) is 0 Å². The number of methoxy groups -OCH3 is 1. The highest BCUT2D eigenvalue weighted by Gasteiger charge is 2.28. The first-order valence-corrected chi connectivity index (χ1v) is 14.4. The number of fused-ring (bicyclic) bond motifs is 1. The lowest BCUT2D eigenvalue weighted by molar-refractivity contribution is 0.0771. The summed E-state index contributed by atoms with van der Waals surface area (Å²) >= 11 is 0. The van der Waals surface area contributed by atoms with Gasteiger partial charge in [-0.2, -0.15) is 0 Å². The molecule has 1 fully saturated rings. The molecule has 0 aliphatic carbocycles. The van der Waals surface area contributed by atoms with Crippen LogP contribution < -0.4 is 16.4 Å². The van der Waals surface area contributed by atoms with Crippen molar-refractivity contribution in [3.63, 3.8) is 0 Å². The molecular formula is C26H31F3N6O4S. The smallest absolute Gasteiger partial charge is 0.266 e. The number of hydrogen-bond acceptors (Lipinski definition) is 9. The number of carbonyl (C=O) groups excluding carboxylic acids is 1. The minimum absolute atomic E-state index is 0.00220. The Labute approximate surface area is 230 Å². The predicted octanol–water partition coefficient (Wildman–Crippen LogP) is 3.70. The van der Waals surface area contributed by atoms with Gasteiger partial charge in [0.25, 0.3) is 12.3 Å². The topological polar surface area (TPSA) is 140 Å². The Bertz CT molecular complexity index is 1520. The molecule has 2 aromatic carbocycles. The van der Waals surface area contributed by atoms with E-state index in [1.54, 1.807) is 26.0 Å². The van der Waals surface area contributed by atoms with Gasteiger partial charge in [0, 0.05) is 49.1 Å². The summed E-state index contributed by atoms with van der Waals surface area (Å²) in [5.41, 5.74) is 6.09. The van der Waals surface area contributed by atoms with Crippen LogP contribution in [0.5, 0.6) is 0 Å². The number of rotatable bonds is 9. The molecule has 0 saturated carbocycles. The lowest BCUT2D eigenvalue weighted by Gasteiger charge is -2.28. The first-order chi connectivity index (χ1) is 18.9. The van der Waals surface area contributed by atoms with Gasteiger partial charge in [0.15, 0.2) is 9.84 Å². The van der Waals surface area contributed by atoms with Crippen LogP contribution in [0.2, 0.25) is 0 Å². The number of ether oxygens (including phenoxy) is 1. The van der Waals surface area contributed by atoms with Crippen LogP contribution in [0.1, 0.15) is 46.7 Å². The molecule has 1 saturated heterocycles. The van der Waals surface area contributed by atoms with E-state index in [9.17, 15) is 26.4 Å². The quantitative estimate of drug-likeness (QED) is 0.255. The Morgan fingerprint density at radius 1 is 1.15 bits per heavy atom. The van der Waals surface area contributed by atoms with Crippen molar-refractivity contribution >= 4 is 43.8 Å². The Kier molecular flexibility index (Phi) is 8.68. The number of amides is 1. The zero-order chi connectivity index (χ0) is 29.2. The molecule has 216 valence electrons. The maximum absolute atomic E-state index is 14.9. The third kappa shape index (κ3) is 6.39. The molecule has 3 aromatic rings. The third-order valence-corrected chi connectivity index (χ3v) is 8.25. The molecular weight excluding hydrogens is 549 g/mol. The number of anilines is 3. The van der Waals surface area contributed by atoms with Crippen molar-refractivity contribution < 1.29 is 31.1 Å². The first kappa shape index (κ1) is 29.3. The molecule has 1 amide bonds. The molecule has 40 heavy (non-hydrogen) atoms. The Hall–Kier alpha value is -3.65. The first-order valence-electron chi connectivity index (χ1n) is 12.6. The SMILES string of the molecule is COCCNc1cc2c(N[C@H](C)c3cc(N)cc(C(F)F)c3F)nc(C)nc2cc1C(=O)N1CCS(=O)(=O)CC1. The number of benzene rings is 2. The van der Waals surface area contributed by atoms with Gasteiger partial charge in [-0.15, -0.1) is 0 Å². The number of aromatic nitrogens is 2. The summed E-state index contributed by atoms with van der Waals surface area (Å²) in [6.45, 7) is 4.12. The fourth-order valence-corrected chi connectivity index (χ4v) is 5.75. The van der Waals surface area contributed by atoms with E-state index in [1.165, 1.54) is 18.1 Å². The molecule has 0 spiro atoms. The molecule has 14 heteroatoms. The van der Waals surface area contributed by atoms with Crippen LogP contribution in [-0.4, -0.2) is 74.0 Å². The average molecular weight is 581 g/mol. The summed E-state index contributed by atoms with van der Waals surface area (Å²) in [4.78, 5) is 23.9. The second-order valence-electron chi connectivity index (χ2n) is 9.58. The minimum atomic E-state index is -3.18. The van der Waals surface area contributed by atoms with Crippen LogP contribution in [0, 0.1) is 12.7 Å². The summed E-state index contributed by atoms with van der Waals surface area (Å²) in [6, 6.07) is 4.67. The van der Waals surface area contributed by atoms with Crippen LogP contribution in [0.3, 0.4) is 0 Å². The second kappa shape index (κ2) is 11.8. The van der Waals surface area contributed by atoms with Crippen molar-refractivity contribution in [2.75, 3.05) is 61.2 Å². The van der Waals surface area contributed by atoms with Crippen molar-refractivity contribution in [2.24, 2.45) is 0 Å². The van der Waals surface area contributed by atoms with E-state index in [2.05, 4.69) is 20.6 Å². The standard InChI is InChI=1S/C26H31F3N6O4S/c1-14(17-10-16(30)11-20(23(17)27)24(28)29)32-25-18-12-21(31-4-7-39-3)19(13-22(18)33-15(2)34-25)26(36)35-5-8-40(37,38)9-6-35/h10-14,24,31H,4-9,30H2,1-3H3,(H,32,33,34)/t14-/m1/s1. The number of sulfone groups is 1. The minimum Gasteiger partial charge on any atom is -0.399 e. The lowest BCUT2D eigenvalue weighted by Crippen LogP contribution is -2.43.